The van der Waals surface area contributed by atoms with E-state index in [0.29, 0.717) is 11.6 Å². The van der Waals surface area contributed by atoms with E-state index in [1.165, 1.54) is 11.1 Å². The third-order valence-electron chi connectivity index (χ3n) is 5.74. The van der Waals surface area contributed by atoms with Crippen LogP contribution >= 0.6 is 0 Å². The number of fused-ring (bicyclic) bond motifs is 2. The van der Waals surface area contributed by atoms with Crippen LogP contribution in [0.2, 0.25) is 0 Å². The Bertz CT molecular complexity index is 1240. The van der Waals surface area contributed by atoms with Crippen LogP contribution in [0.5, 0.6) is 0 Å². The normalized spacial score (nSPS) is 16.1. The number of aromatic nitrogens is 5. The Kier molecular flexibility index (Phi) is 4.78. The number of hydrogen-bond acceptors (Lipinski definition) is 6. The molecule has 1 unspecified atom stereocenters. The molecule has 1 aromatic carbocycles. The highest BCUT2D eigenvalue weighted by atomic mass is 16.2. The van der Waals surface area contributed by atoms with E-state index in [9.17, 15) is 4.79 Å². The first-order valence-electron chi connectivity index (χ1n) is 10.3. The van der Waals surface area contributed by atoms with Crippen molar-refractivity contribution in [3.8, 4) is 0 Å². The molecule has 0 saturated heterocycles. The fourth-order valence-corrected chi connectivity index (χ4v) is 4.05. The number of likely N-dealkylation sites (N-methyl/N-ethyl adjacent to an activating group) is 1. The van der Waals surface area contributed by atoms with E-state index in [0.717, 1.165) is 29.7 Å². The maximum absolute atomic E-state index is 11.9. The molecule has 9 nitrogen and oxygen atoms in total. The van der Waals surface area contributed by atoms with Crippen LogP contribution in [0.1, 0.15) is 36.6 Å². The largest absolute Gasteiger partial charge is 0.363 e. The smallest absolute Gasteiger partial charge is 0.244 e. The number of carbonyl (C=O) groups is 1. The molecule has 3 aromatic heterocycles. The van der Waals surface area contributed by atoms with Gasteiger partial charge in [0.15, 0.2) is 0 Å². The van der Waals surface area contributed by atoms with Crippen molar-refractivity contribution in [3.63, 3.8) is 0 Å². The molecule has 4 aromatic rings. The van der Waals surface area contributed by atoms with Crippen LogP contribution in [0, 0.1) is 0 Å². The SMILES string of the molecule is CNC(=O)C(C)n1cc(Nc2nc(N[C@H]3CCc4ccccc43)c3cc[nH]c3n2)cn1. The number of carbonyl (C=O) groups excluding carboxylic acids is 1. The Morgan fingerprint density at radius 1 is 1.26 bits per heavy atom. The number of hydrogen-bond donors (Lipinski definition) is 4. The summed E-state index contributed by atoms with van der Waals surface area (Å²) in [5.41, 5.74) is 4.16. The summed E-state index contributed by atoms with van der Waals surface area (Å²) in [5.74, 6) is 1.12. The van der Waals surface area contributed by atoms with E-state index in [1.807, 2.05) is 12.3 Å². The molecule has 1 aliphatic carbocycles. The number of aryl methyl sites for hydroxylation is 1. The summed E-state index contributed by atoms with van der Waals surface area (Å²) in [4.78, 5) is 24.4. The van der Waals surface area contributed by atoms with E-state index >= 15 is 0 Å². The van der Waals surface area contributed by atoms with Gasteiger partial charge in [-0.05, 0) is 37.0 Å². The Hall–Kier alpha value is -3.88. The topological polar surface area (TPSA) is 113 Å². The minimum Gasteiger partial charge on any atom is -0.363 e. The zero-order valence-corrected chi connectivity index (χ0v) is 17.4. The van der Waals surface area contributed by atoms with E-state index in [2.05, 4.69) is 55.3 Å². The number of benzene rings is 1. The summed E-state index contributed by atoms with van der Waals surface area (Å²) in [5, 5.41) is 14.7. The monoisotopic (exact) mass is 416 g/mol. The lowest BCUT2D eigenvalue weighted by atomic mass is 10.1. The van der Waals surface area contributed by atoms with E-state index < -0.39 is 6.04 Å². The highest BCUT2D eigenvalue weighted by Crippen LogP contribution is 2.35. The van der Waals surface area contributed by atoms with Crippen molar-refractivity contribution < 1.29 is 4.79 Å². The summed E-state index contributed by atoms with van der Waals surface area (Å²) in [6.07, 6.45) is 7.37. The van der Waals surface area contributed by atoms with Gasteiger partial charge in [0, 0.05) is 19.4 Å². The van der Waals surface area contributed by atoms with Crippen LogP contribution in [0.15, 0.2) is 48.9 Å². The summed E-state index contributed by atoms with van der Waals surface area (Å²) >= 11 is 0. The molecule has 0 radical (unpaired) electrons. The quantitative estimate of drug-likeness (QED) is 0.384. The van der Waals surface area contributed by atoms with Gasteiger partial charge in [0.25, 0.3) is 0 Å². The molecule has 9 heteroatoms. The lowest BCUT2D eigenvalue weighted by Gasteiger charge is -2.16. The van der Waals surface area contributed by atoms with Crippen molar-refractivity contribution in [3.05, 3.63) is 60.0 Å². The van der Waals surface area contributed by atoms with Crippen molar-refractivity contribution in [1.82, 2.24) is 30.0 Å². The Morgan fingerprint density at radius 3 is 3.00 bits per heavy atom. The van der Waals surface area contributed by atoms with Crippen molar-refractivity contribution in [2.75, 3.05) is 17.7 Å². The molecule has 0 saturated carbocycles. The molecule has 0 aliphatic heterocycles. The second-order valence-corrected chi connectivity index (χ2v) is 7.69. The number of H-pyrrole nitrogens is 1. The molecule has 2 atom stereocenters. The van der Waals surface area contributed by atoms with Crippen LogP contribution in [-0.2, 0) is 11.2 Å². The fourth-order valence-electron chi connectivity index (χ4n) is 4.05. The standard InChI is InChI=1S/C22H24N8O/c1-13(21(31)23-2)30-12-15(11-25-30)26-22-28-19-17(9-10-24-19)20(29-22)27-18-8-7-14-5-3-4-6-16(14)18/h3-6,9-13,18H,7-8H2,1-2H3,(H,23,31)(H3,24,26,27,28,29)/t13?,18-/m0/s1. The van der Waals surface area contributed by atoms with Gasteiger partial charge in [-0.1, -0.05) is 24.3 Å². The minimum atomic E-state index is -0.410. The maximum Gasteiger partial charge on any atom is 0.244 e. The third-order valence-corrected chi connectivity index (χ3v) is 5.74. The maximum atomic E-state index is 11.9. The number of rotatable bonds is 6. The highest BCUT2D eigenvalue weighted by Gasteiger charge is 2.23. The summed E-state index contributed by atoms with van der Waals surface area (Å²) in [6, 6.07) is 10.3. The van der Waals surface area contributed by atoms with Crippen molar-refractivity contribution in [1.29, 1.82) is 0 Å². The average Bonchev–Trinajstić information content (AvgIpc) is 3.53. The Balaban J connectivity index is 1.41. The van der Waals surface area contributed by atoms with Gasteiger partial charge in [0.05, 0.1) is 23.3 Å². The Labute approximate surface area is 179 Å². The predicted octanol–water partition coefficient (Wildman–Crippen LogP) is 3.30. The van der Waals surface area contributed by atoms with Crippen molar-refractivity contribution >= 4 is 34.4 Å². The van der Waals surface area contributed by atoms with Crippen LogP contribution in [-0.4, -0.2) is 37.7 Å². The molecule has 4 N–H and O–H groups in total. The van der Waals surface area contributed by atoms with E-state index in [4.69, 9.17) is 4.98 Å². The van der Waals surface area contributed by atoms with Crippen molar-refractivity contribution in [2.45, 2.75) is 31.8 Å². The zero-order valence-electron chi connectivity index (χ0n) is 17.4. The van der Waals surface area contributed by atoms with E-state index in [1.54, 1.807) is 31.0 Å². The number of aromatic amines is 1. The molecule has 1 aliphatic rings. The summed E-state index contributed by atoms with van der Waals surface area (Å²) in [6.45, 7) is 1.79. The number of anilines is 3. The predicted molar refractivity (Wildman–Crippen MR) is 119 cm³/mol. The molecule has 0 spiro atoms. The lowest BCUT2D eigenvalue weighted by Crippen LogP contribution is -2.27. The summed E-state index contributed by atoms with van der Waals surface area (Å²) < 4.78 is 1.60. The second kappa shape index (κ2) is 7.75. The van der Waals surface area contributed by atoms with Gasteiger partial charge in [0.2, 0.25) is 11.9 Å². The molecule has 0 fully saturated rings. The molecular weight excluding hydrogens is 392 g/mol. The van der Waals surface area contributed by atoms with Crippen LogP contribution in [0.25, 0.3) is 11.0 Å². The van der Waals surface area contributed by atoms with Gasteiger partial charge in [-0.2, -0.15) is 15.1 Å². The minimum absolute atomic E-state index is 0.109. The molecule has 3 heterocycles. The lowest BCUT2D eigenvalue weighted by molar-refractivity contribution is -0.123. The number of nitrogens with one attached hydrogen (secondary N) is 4. The van der Waals surface area contributed by atoms with Gasteiger partial charge >= 0.3 is 0 Å². The van der Waals surface area contributed by atoms with E-state index in [-0.39, 0.29) is 11.9 Å². The second-order valence-electron chi connectivity index (χ2n) is 7.69. The molecule has 158 valence electrons. The molecule has 0 bridgehead atoms. The molecule has 5 rings (SSSR count). The van der Waals surface area contributed by atoms with Gasteiger partial charge in [-0.3, -0.25) is 9.48 Å². The van der Waals surface area contributed by atoms with Gasteiger partial charge in [-0.25, -0.2) is 0 Å². The first-order chi connectivity index (χ1) is 15.1. The zero-order chi connectivity index (χ0) is 21.4. The fraction of sp³-hybridized carbons (Fsp3) is 0.273. The summed E-state index contributed by atoms with van der Waals surface area (Å²) in [7, 11) is 1.61. The first kappa shape index (κ1) is 19.1. The molecular formula is C22H24N8O. The highest BCUT2D eigenvalue weighted by molar-refractivity contribution is 5.88. The number of amides is 1. The molecule has 1 amide bonds. The van der Waals surface area contributed by atoms with Gasteiger partial charge in [0.1, 0.15) is 17.5 Å². The Morgan fingerprint density at radius 2 is 2.13 bits per heavy atom. The van der Waals surface area contributed by atoms with Crippen molar-refractivity contribution in [2.24, 2.45) is 0 Å². The van der Waals surface area contributed by atoms with Crippen LogP contribution < -0.4 is 16.0 Å². The average molecular weight is 416 g/mol. The molecule has 31 heavy (non-hydrogen) atoms. The van der Waals surface area contributed by atoms with Crippen LogP contribution in [0.3, 0.4) is 0 Å². The van der Waals surface area contributed by atoms with Crippen LogP contribution in [0.4, 0.5) is 17.5 Å². The first-order valence-corrected chi connectivity index (χ1v) is 10.3. The van der Waals surface area contributed by atoms with Gasteiger partial charge in [-0.15, -0.1) is 0 Å². The third kappa shape index (κ3) is 3.58. The number of nitrogens with zero attached hydrogens (tertiary/aromatic N) is 4. The van der Waals surface area contributed by atoms with Gasteiger partial charge < -0.3 is 20.9 Å².